The van der Waals surface area contributed by atoms with E-state index in [0.717, 1.165) is 31.5 Å². The van der Waals surface area contributed by atoms with E-state index >= 15 is 0 Å². The van der Waals surface area contributed by atoms with Crippen molar-refractivity contribution in [3.8, 4) is 0 Å². The maximum absolute atomic E-state index is 5.97. The zero-order valence-corrected chi connectivity index (χ0v) is 11.0. The molecule has 1 aromatic rings. The van der Waals surface area contributed by atoms with Gasteiger partial charge in [-0.2, -0.15) is 5.10 Å². The lowest BCUT2D eigenvalue weighted by Gasteiger charge is -2.23. The summed E-state index contributed by atoms with van der Waals surface area (Å²) in [5.74, 6) is 0. The Bertz CT molecular complexity index is 350. The molecule has 0 saturated carbocycles. The molecule has 0 aromatic carbocycles. The Kier molecular flexibility index (Phi) is 4.18. The quantitative estimate of drug-likeness (QED) is 0.851. The zero-order valence-electron chi connectivity index (χ0n) is 11.0. The summed E-state index contributed by atoms with van der Waals surface area (Å²) in [4.78, 5) is 0. The Labute approximate surface area is 103 Å². The minimum atomic E-state index is 0.237. The van der Waals surface area contributed by atoms with Gasteiger partial charge in [0.25, 0.3) is 0 Å². The number of hydrogen-bond donors (Lipinski definition) is 1. The third-order valence-electron chi connectivity index (χ3n) is 3.30. The van der Waals surface area contributed by atoms with Crippen molar-refractivity contribution in [2.45, 2.75) is 51.4 Å². The molecule has 1 aliphatic heterocycles. The number of ether oxygens (including phenoxy) is 1. The van der Waals surface area contributed by atoms with Crippen LogP contribution in [-0.2, 0) is 11.8 Å². The van der Waals surface area contributed by atoms with Gasteiger partial charge in [-0.3, -0.25) is 4.68 Å². The van der Waals surface area contributed by atoms with Crippen molar-refractivity contribution < 1.29 is 4.74 Å². The van der Waals surface area contributed by atoms with Crippen LogP contribution in [0.25, 0.3) is 0 Å². The van der Waals surface area contributed by atoms with Crippen LogP contribution in [0.3, 0.4) is 0 Å². The summed E-state index contributed by atoms with van der Waals surface area (Å²) in [6.45, 7) is 5.34. The van der Waals surface area contributed by atoms with E-state index < -0.39 is 0 Å². The first-order chi connectivity index (χ1) is 8.20. The lowest BCUT2D eigenvalue weighted by atomic mass is 10.0. The zero-order chi connectivity index (χ0) is 12.3. The van der Waals surface area contributed by atoms with Crippen molar-refractivity contribution in [1.29, 1.82) is 0 Å². The molecule has 1 aliphatic rings. The molecule has 1 saturated heterocycles. The van der Waals surface area contributed by atoms with Crippen LogP contribution < -0.4 is 5.32 Å². The number of hydrogen-bond acceptors (Lipinski definition) is 3. The second kappa shape index (κ2) is 5.65. The number of nitrogens with one attached hydrogen (secondary N) is 1. The molecule has 2 rings (SSSR count). The molecule has 0 radical (unpaired) electrons. The molecule has 4 heteroatoms. The fourth-order valence-electron chi connectivity index (χ4n) is 2.40. The van der Waals surface area contributed by atoms with E-state index in [-0.39, 0.29) is 12.1 Å². The number of rotatable bonds is 5. The van der Waals surface area contributed by atoms with E-state index in [2.05, 4.69) is 30.3 Å². The van der Waals surface area contributed by atoms with Gasteiger partial charge in [-0.1, -0.05) is 6.92 Å². The average Bonchev–Trinajstić information content (AvgIpc) is 2.89. The van der Waals surface area contributed by atoms with Gasteiger partial charge in [0.15, 0.2) is 0 Å². The molecule has 96 valence electrons. The molecule has 1 fully saturated rings. The summed E-state index contributed by atoms with van der Waals surface area (Å²) in [5, 5.41) is 8.07. The van der Waals surface area contributed by atoms with Crippen molar-refractivity contribution in [3.63, 3.8) is 0 Å². The van der Waals surface area contributed by atoms with Crippen molar-refractivity contribution in [1.82, 2.24) is 15.1 Å². The summed E-state index contributed by atoms with van der Waals surface area (Å²) in [7, 11) is 1.96. The third-order valence-corrected chi connectivity index (χ3v) is 3.30. The highest BCUT2D eigenvalue weighted by Crippen LogP contribution is 2.29. The molecule has 17 heavy (non-hydrogen) atoms. The Morgan fingerprint density at radius 2 is 2.41 bits per heavy atom. The van der Waals surface area contributed by atoms with Crippen molar-refractivity contribution >= 4 is 0 Å². The van der Waals surface area contributed by atoms with Gasteiger partial charge in [-0.05, 0) is 38.8 Å². The summed E-state index contributed by atoms with van der Waals surface area (Å²) in [6.07, 6.45) is 6.06. The van der Waals surface area contributed by atoms with Gasteiger partial charge in [0, 0.05) is 13.2 Å². The molecule has 0 amide bonds. The SMILES string of the molecule is CCCNC(c1ccn(C)n1)C1CCC(C)O1. The smallest absolute Gasteiger partial charge is 0.0820 e. The van der Waals surface area contributed by atoms with Crippen LogP contribution in [-0.4, -0.2) is 28.5 Å². The normalized spacial score (nSPS) is 26.3. The first-order valence-corrected chi connectivity index (χ1v) is 6.59. The first kappa shape index (κ1) is 12.6. The lowest BCUT2D eigenvalue weighted by molar-refractivity contribution is 0.0306. The van der Waals surface area contributed by atoms with Crippen LogP contribution in [0.15, 0.2) is 12.3 Å². The van der Waals surface area contributed by atoms with Gasteiger partial charge in [-0.25, -0.2) is 0 Å². The first-order valence-electron chi connectivity index (χ1n) is 6.59. The van der Waals surface area contributed by atoms with Crippen LogP contribution in [0.1, 0.15) is 44.8 Å². The molecule has 3 unspecified atom stereocenters. The highest BCUT2D eigenvalue weighted by molar-refractivity contribution is 5.08. The standard InChI is InChI=1S/C13H23N3O/c1-4-8-14-13(11-7-9-16(3)15-11)12-6-5-10(2)17-12/h7,9-10,12-14H,4-6,8H2,1-3H3. The topological polar surface area (TPSA) is 39.1 Å². The minimum absolute atomic E-state index is 0.237. The number of nitrogens with zero attached hydrogens (tertiary/aromatic N) is 2. The van der Waals surface area contributed by atoms with Gasteiger partial charge < -0.3 is 10.1 Å². The second-order valence-electron chi connectivity index (χ2n) is 4.91. The summed E-state index contributed by atoms with van der Waals surface area (Å²) >= 11 is 0. The van der Waals surface area contributed by atoms with Crippen LogP contribution in [0.2, 0.25) is 0 Å². The fourth-order valence-corrected chi connectivity index (χ4v) is 2.40. The molecular weight excluding hydrogens is 214 g/mol. The molecule has 1 aromatic heterocycles. The van der Waals surface area contributed by atoms with Gasteiger partial charge in [-0.15, -0.1) is 0 Å². The van der Waals surface area contributed by atoms with Crippen LogP contribution in [0, 0.1) is 0 Å². The summed E-state index contributed by atoms with van der Waals surface area (Å²) in [6, 6.07) is 2.32. The van der Waals surface area contributed by atoms with Crippen LogP contribution >= 0.6 is 0 Å². The predicted molar refractivity (Wildman–Crippen MR) is 67.8 cm³/mol. The van der Waals surface area contributed by atoms with Crippen molar-refractivity contribution in [2.75, 3.05) is 6.54 Å². The highest BCUT2D eigenvalue weighted by Gasteiger charge is 2.31. The monoisotopic (exact) mass is 237 g/mol. The fraction of sp³-hybridized carbons (Fsp3) is 0.769. The lowest BCUT2D eigenvalue weighted by Crippen LogP contribution is -2.33. The Morgan fingerprint density at radius 3 is 2.94 bits per heavy atom. The molecule has 0 spiro atoms. The van der Waals surface area contributed by atoms with E-state index in [4.69, 9.17) is 4.74 Å². The maximum Gasteiger partial charge on any atom is 0.0820 e. The number of aromatic nitrogens is 2. The van der Waals surface area contributed by atoms with E-state index in [1.807, 2.05) is 17.9 Å². The van der Waals surface area contributed by atoms with E-state index in [1.54, 1.807) is 0 Å². The minimum Gasteiger partial charge on any atom is -0.373 e. The van der Waals surface area contributed by atoms with Gasteiger partial charge in [0.1, 0.15) is 0 Å². The van der Waals surface area contributed by atoms with Gasteiger partial charge in [0.05, 0.1) is 23.9 Å². The third kappa shape index (κ3) is 3.07. The van der Waals surface area contributed by atoms with Crippen molar-refractivity contribution in [3.05, 3.63) is 18.0 Å². The maximum atomic E-state index is 5.97. The Morgan fingerprint density at radius 1 is 1.59 bits per heavy atom. The molecule has 0 aliphatic carbocycles. The highest BCUT2D eigenvalue weighted by atomic mass is 16.5. The molecule has 3 atom stereocenters. The number of aryl methyl sites for hydroxylation is 1. The average molecular weight is 237 g/mol. The van der Waals surface area contributed by atoms with E-state index in [0.29, 0.717) is 6.10 Å². The Hall–Kier alpha value is -0.870. The molecule has 1 N–H and O–H groups in total. The van der Waals surface area contributed by atoms with E-state index in [1.165, 1.54) is 0 Å². The summed E-state index contributed by atoms with van der Waals surface area (Å²) < 4.78 is 7.83. The van der Waals surface area contributed by atoms with Gasteiger partial charge in [0.2, 0.25) is 0 Å². The molecular formula is C13H23N3O. The Balaban J connectivity index is 2.07. The predicted octanol–water partition coefficient (Wildman–Crippen LogP) is 2.03. The van der Waals surface area contributed by atoms with Crippen LogP contribution in [0.4, 0.5) is 0 Å². The van der Waals surface area contributed by atoms with Crippen LogP contribution in [0.5, 0.6) is 0 Å². The molecule has 4 nitrogen and oxygen atoms in total. The summed E-state index contributed by atoms with van der Waals surface area (Å²) in [5.41, 5.74) is 1.10. The second-order valence-corrected chi connectivity index (χ2v) is 4.91. The van der Waals surface area contributed by atoms with Gasteiger partial charge >= 0.3 is 0 Å². The molecule has 0 bridgehead atoms. The van der Waals surface area contributed by atoms with Crippen molar-refractivity contribution in [2.24, 2.45) is 7.05 Å². The van der Waals surface area contributed by atoms with E-state index in [9.17, 15) is 0 Å². The molecule has 2 heterocycles. The largest absolute Gasteiger partial charge is 0.373 e.